The van der Waals surface area contributed by atoms with E-state index in [1.54, 1.807) is 4.52 Å². The Labute approximate surface area is 88.9 Å². The molecule has 0 saturated carbocycles. The van der Waals surface area contributed by atoms with Gasteiger partial charge in [0.1, 0.15) is 0 Å². The normalized spacial score (nSPS) is 10.9. The molecule has 0 fully saturated rings. The number of fused-ring (bicyclic) bond motifs is 1. The Morgan fingerprint density at radius 2 is 2.31 bits per heavy atom. The minimum Gasteiger partial charge on any atom is -0.220 e. The predicted molar refractivity (Wildman–Crippen MR) is 55.1 cm³/mol. The van der Waals surface area contributed by atoms with Crippen molar-refractivity contribution in [1.82, 2.24) is 14.6 Å². The lowest BCUT2D eigenvalue weighted by molar-refractivity contribution is 0.886. The van der Waals surface area contributed by atoms with Crippen LogP contribution in [0.15, 0.2) is 22.8 Å². The van der Waals surface area contributed by atoms with E-state index in [2.05, 4.69) is 26.0 Å². The van der Waals surface area contributed by atoms with E-state index < -0.39 is 0 Å². The molecule has 0 aliphatic rings. The van der Waals surface area contributed by atoms with Gasteiger partial charge in [0.05, 0.1) is 0 Å². The summed E-state index contributed by atoms with van der Waals surface area (Å²) in [5, 5.41) is 4.25. The maximum Gasteiger partial charge on any atom is 0.155 e. The van der Waals surface area contributed by atoms with Crippen molar-refractivity contribution in [3.63, 3.8) is 0 Å². The molecular weight excluding hydrogens is 253 g/mol. The minimum absolute atomic E-state index is 0.554. The SMILES string of the molecule is ClCCc1nc2ccc(Br)cn2n1. The van der Waals surface area contributed by atoms with Gasteiger partial charge in [-0.05, 0) is 28.1 Å². The molecule has 2 rings (SSSR count). The van der Waals surface area contributed by atoms with Gasteiger partial charge in [-0.15, -0.1) is 11.6 Å². The first-order valence-electron chi connectivity index (χ1n) is 3.86. The van der Waals surface area contributed by atoms with Gasteiger partial charge in [0.25, 0.3) is 0 Å². The third-order valence-electron chi connectivity index (χ3n) is 1.66. The highest BCUT2D eigenvalue weighted by atomic mass is 79.9. The molecule has 0 amide bonds. The largest absolute Gasteiger partial charge is 0.220 e. The lowest BCUT2D eigenvalue weighted by Gasteiger charge is -1.90. The monoisotopic (exact) mass is 259 g/mol. The van der Waals surface area contributed by atoms with E-state index in [0.717, 1.165) is 15.9 Å². The number of aryl methyl sites for hydroxylation is 1. The fraction of sp³-hybridized carbons (Fsp3) is 0.250. The standard InChI is InChI=1S/C8H7BrClN3/c9-6-1-2-8-11-7(3-4-10)12-13(8)5-6/h1-2,5H,3-4H2. The van der Waals surface area contributed by atoms with Gasteiger partial charge in [-0.2, -0.15) is 5.10 Å². The Balaban J connectivity index is 2.49. The number of hydrogen-bond donors (Lipinski definition) is 0. The zero-order chi connectivity index (χ0) is 9.26. The van der Waals surface area contributed by atoms with Gasteiger partial charge in [-0.25, -0.2) is 9.50 Å². The number of nitrogens with zero attached hydrogens (tertiary/aromatic N) is 3. The zero-order valence-corrected chi connectivity index (χ0v) is 9.09. The van der Waals surface area contributed by atoms with Crippen molar-refractivity contribution in [2.45, 2.75) is 6.42 Å². The van der Waals surface area contributed by atoms with Crippen LogP contribution in [-0.2, 0) is 6.42 Å². The molecule has 0 bridgehead atoms. The third kappa shape index (κ3) is 1.84. The second kappa shape index (κ2) is 3.64. The van der Waals surface area contributed by atoms with Crippen LogP contribution in [0.1, 0.15) is 5.82 Å². The topological polar surface area (TPSA) is 30.2 Å². The van der Waals surface area contributed by atoms with Gasteiger partial charge in [0, 0.05) is 23.0 Å². The van der Waals surface area contributed by atoms with Crippen molar-refractivity contribution < 1.29 is 0 Å². The van der Waals surface area contributed by atoms with Gasteiger partial charge >= 0.3 is 0 Å². The molecule has 68 valence electrons. The Hall–Kier alpha value is -0.610. The maximum absolute atomic E-state index is 5.60. The molecule has 2 aromatic heterocycles. The summed E-state index contributed by atoms with van der Waals surface area (Å²) in [5.41, 5.74) is 0.850. The molecule has 0 unspecified atom stereocenters. The van der Waals surface area contributed by atoms with Crippen molar-refractivity contribution in [2.75, 3.05) is 5.88 Å². The maximum atomic E-state index is 5.60. The summed E-state index contributed by atoms with van der Waals surface area (Å²) >= 11 is 8.96. The minimum atomic E-state index is 0.554. The van der Waals surface area contributed by atoms with E-state index in [4.69, 9.17) is 11.6 Å². The molecule has 3 nitrogen and oxygen atoms in total. The Morgan fingerprint density at radius 3 is 3.08 bits per heavy atom. The summed E-state index contributed by atoms with van der Waals surface area (Å²) in [4.78, 5) is 4.29. The molecule has 13 heavy (non-hydrogen) atoms. The fourth-order valence-electron chi connectivity index (χ4n) is 1.09. The molecule has 5 heteroatoms. The van der Waals surface area contributed by atoms with Crippen LogP contribution in [0.3, 0.4) is 0 Å². The van der Waals surface area contributed by atoms with Gasteiger partial charge in [0.15, 0.2) is 11.5 Å². The van der Waals surface area contributed by atoms with Crippen LogP contribution in [0.4, 0.5) is 0 Å². The summed E-state index contributed by atoms with van der Waals surface area (Å²) in [6.45, 7) is 0. The molecular formula is C8H7BrClN3. The van der Waals surface area contributed by atoms with Gasteiger partial charge in [-0.1, -0.05) is 0 Å². The summed E-state index contributed by atoms with van der Waals surface area (Å²) < 4.78 is 2.73. The van der Waals surface area contributed by atoms with Crippen molar-refractivity contribution in [3.8, 4) is 0 Å². The van der Waals surface area contributed by atoms with E-state index in [0.29, 0.717) is 12.3 Å². The highest BCUT2D eigenvalue weighted by Crippen LogP contribution is 2.10. The van der Waals surface area contributed by atoms with E-state index in [1.165, 1.54) is 0 Å². The molecule has 2 heterocycles. The zero-order valence-electron chi connectivity index (χ0n) is 6.74. The van der Waals surface area contributed by atoms with E-state index >= 15 is 0 Å². The quantitative estimate of drug-likeness (QED) is 0.776. The number of hydrogen-bond acceptors (Lipinski definition) is 2. The van der Waals surface area contributed by atoms with Crippen LogP contribution >= 0.6 is 27.5 Å². The van der Waals surface area contributed by atoms with Gasteiger partial charge in [-0.3, -0.25) is 0 Å². The van der Waals surface area contributed by atoms with Crippen LogP contribution in [0.5, 0.6) is 0 Å². The van der Waals surface area contributed by atoms with E-state index in [1.807, 2.05) is 18.3 Å². The fourth-order valence-corrected chi connectivity index (χ4v) is 1.59. The molecule has 0 N–H and O–H groups in total. The van der Waals surface area contributed by atoms with Gasteiger partial charge in [0.2, 0.25) is 0 Å². The van der Waals surface area contributed by atoms with Crippen molar-refractivity contribution in [3.05, 3.63) is 28.6 Å². The van der Waals surface area contributed by atoms with Crippen molar-refractivity contribution in [1.29, 1.82) is 0 Å². The first-order chi connectivity index (χ1) is 6.29. The summed E-state index contributed by atoms with van der Waals surface area (Å²) in [7, 11) is 0. The predicted octanol–water partition coefficient (Wildman–Crippen LogP) is 2.27. The first kappa shape index (κ1) is 8.97. The summed E-state index contributed by atoms with van der Waals surface area (Å²) in [5.74, 6) is 1.34. The molecule has 0 spiro atoms. The van der Waals surface area contributed by atoms with Gasteiger partial charge < -0.3 is 0 Å². The van der Waals surface area contributed by atoms with Crippen molar-refractivity contribution >= 4 is 33.2 Å². The highest BCUT2D eigenvalue weighted by Gasteiger charge is 2.02. The van der Waals surface area contributed by atoms with Crippen LogP contribution in [-0.4, -0.2) is 20.5 Å². The Bertz CT molecular complexity index is 426. The molecule has 0 aliphatic heterocycles. The van der Waals surface area contributed by atoms with Crippen LogP contribution < -0.4 is 0 Å². The lowest BCUT2D eigenvalue weighted by Crippen LogP contribution is -1.90. The second-order valence-corrected chi connectivity index (χ2v) is 3.91. The number of rotatable bonds is 2. The average Bonchev–Trinajstić information content (AvgIpc) is 2.46. The Kier molecular flexibility index (Phi) is 2.51. The second-order valence-electron chi connectivity index (χ2n) is 2.62. The smallest absolute Gasteiger partial charge is 0.155 e. The average molecular weight is 261 g/mol. The van der Waals surface area contributed by atoms with E-state index in [9.17, 15) is 0 Å². The molecule has 0 aromatic carbocycles. The third-order valence-corrected chi connectivity index (χ3v) is 2.31. The molecule has 0 saturated heterocycles. The molecule has 0 radical (unpaired) electrons. The first-order valence-corrected chi connectivity index (χ1v) is 5.19. The van der Waals surface area contributed by atoms with Crippen LogP contribution in [0, 0.1) is 0 Å². The number of alkyl halides is 1. The van der Waals surface area contributed by atoms with Crippen LogP contribution in [0.2, 0.25) is 0 Å². The van der Waals surface area contributed by atoms with Crippen LogP contribution in [0.25, 0.3) is 5.65 Å². The van der Waals surface area contributed by atoms with Crippen molar-refractivity contribution in [2.24, 2.45) is 0 Å². The number of halogens is 2. The summed E-state index contributed by atoms with van der Waals surface area (Å²) in [6, 6.07) is 3.85. The summed E-state index contributed by atoms with van der Waals surface area (Å²) in [6.07, 6.45) is 2.58. The molecule has 2 aromatic rings. The van der Waals surface area contributed by atoms with E-state index in [-0.39, 0.29) is 0 Å². The molecule has 0 atom stereocenters. The lowest BCUT2D eigenvalue weighted by atomic mass is 10.4. The number of pyridine rings is 1. The Morgan fingerprint density at radius 1 is 1.46 bits per heavy atom. The highest BCUT2D eigenvalue weighted by molar-refractivity contribution is 9.10. The number of aromatic nitrogens is 3. The molecule has 0 aliphatic carbocycles.